The van der Waals surface area contributed by atoms with E-state index in [0.29, 0.717) is 5.56 Å². The van der Waals surface area contributed by atoms with Gasteiger partial charge in [0, 0.05) is 19.0 Å². The third-order valence-electron chi connectivity index (χ3n) is 4.28. The normalized spacial score (nSPS) is 15.5. The lowest BCUT2D eigenvalue weighted by Gasteiger charge is -2.26. The second kappa shape index (κ2) is 10.8. The first kappa shape index (κ1) is 22.8. The summed E-state index contributed by atoms with van der Waals surface area (Å²) in [4.78, 5) is 37.3. The molecule has 2 amide bonds. The minimum absolute atomic E-state index is 0.0429. The van der Waals surface area contributed by atoms with Gasteiger partial charge in [-0.05, 0) is 12.5 Å². The zero-order chi connectivity index (χ0) is 20.6. The SMILES string of the molecule is CC(C)C(=O)[C@H](CN)NC(=O)[C@@H](NC(=O)C(CN)c1ccccc1)[C@H](C)O. The van der Waals surface area contributed by atoms with E-state index in [1.54, 1.807) is 38.1 Å². The van der Waals surface area contributed by atoms with E-state index in [1.807, 2.05) is 6.07 Å². The fraction of sp³-hybridized carbons (Fsp3) is 0.526. The van der Waals surface area contributed by atoms with Crippen LogP contribution in [0.4, 0.5) is 0 Å². The summed E-state index contributed by atoms with van der Waals surface area (Å²) >= 11 is 0. The zero-order valence-corrected chi connectivity index (χ0v) is 16.0. The van der Waals surface area contributed by atoms with Crippen molar-refractivity contribution in [1.29, 1.82) is 0 Å². The number of Topliss-reactive ketones (excluding diaryl/α,β-unsaturated/α-hetero) is 1. The summed E-state index contributed by atoms with van der Waals surface area (Å²) in [5.74, 6) is -2.34. The van der Waals surface area contributed by atoms with Crippen LogP contribution in [0.2, 0.25) is 0 Å². The van der Waals surface area contributed by atoms with Gasteiger partial charge in [0.2, 0.25) is 11.8 Å². The minimum Gasteiger partial charge on any atom is -0.391 e. The molecule has 8 nitrogen and oxygen atoms in total. The molecule has 0 aromatic heterocycles. The van der Waals surface area contributed by atoms with Crippen LogP contribution in [0.3, 0.4) is 0 Å². The number of nitrogens with one attached hydrogen (secondary N) is 2. The molecule has 0 aliphatic carbocycles. The molecule has 27 heavy (non-hydrogen) atoms. The molecule has 0 saturated carbocycles. The van der Waals surface area contributed by atoms with Crippen molar-refractivity contribution in [3.63, 3.8) is 0 Å². The number of ketones is 1. The molecule has 1 rings (SSSR count). The molecule has 0 heterocycles. The lowest BCUT2D eigenvalue weighted by molar-refractivity contribution is -0.134. The van der Waals surface area contributed by atoms with Gasteiger partial charge < -0.3 is 27.2 Å². The van der Waals surface area contributed by atoms with Crippen LogP contribution >= 0.6 is 0 Å². The van der Waals surface area contributed by atoms with Crippen LogP contribution in [0.1, 0.15) is 32.3 Å². The van der Waals surface area contributed by atoms with E-state index in [2.05, 4.69) is 10.6 Å². The van der Waals surface area contributed by atoms with Crippen molar-refractivity contribution in [3.8, 4) is 0 Å². The van der Waals surface area contributed by atoms with E-state index in [0.717, 1.165) is 0 Å². The summed E-state index contributed by atoms with van der Waals surface area (Å²) in [5, 5.41) is 15.0. The Kier molecular flexibility index (Phi) is 9.07. The highest BCUT2D eigenvalue weighted by atomic mass is 16.3. The standard InChI is InChI=1S/C19H30N4O4/c1-11(2)17(25)15(10-21)22-19(27)16(12(3)24)23-18(26)14(9-20)13-7-5-4-6-8-13/h4-8,11-12,14-16,24H,9-10,20-21H2,1-3H3,(H,22,27)(H,23,26)/t12-,14?,15-,16-/m0/s1. The summed E-state index contributed by atoms with van der Waals surface area (Å²) in [7, 11) is 0. The van der Waals surface area contributed by atoms with E-state index in [1.165, 1.54) is 6.92 Å². The highest BCUT2D eigenvalue weighted by Crippen LogP contribution is 2.15. The van der Waals surface area contributed by atoms with Crippen LogP contribution in [-0.4, -0.2) is 54.0 Å². The van der Waals surface area contributed by atoms with Crippen molar-refractivity contribution in [3.05, 3.63) is 35.9 Å². The number of hydrogen-bond donors (Lipinski definition) is 5. The van der Waals surface area contributed by atoms with Crippen molar-refractivity contribution < 1.29 is 19.5 Å². The molecule has 7 N–H and O–H groups in total. The number of nitrogens with two attached hydrogens (primary N) is 2. The minimum atomic E-state index is -1.23. The van der Waals surface area contributed by atoms with Gasteiger partial charge in [0.05, 0.1) is 18.1 Å². The van der Waals surface area contributed by atoms with Gasteiger partial charge in [-0.3, -0.25) is 14.4 Å². The van der Waals surface area contributed by atoms with Crippen LogP contribution in [0.15, 0.2) is 30.3 Å². The number of benzene rings is 1. The molecular weight excluding hydrogens is 348 g/mol. The molecule has 0 saturated heterocycles. The summed E-state index contributed by atoms with van der Waals surface area (Å²) in [6, 6.07) is 6.81. The molecule has 1 aromatic carbocycles. The Labute approximate surface area is 159 Å². The molecule has 0 bridgehead atoms. The number of aliphatic hydroxyl groups is 1. The van der Waals surface area contributed by atoms with Gasteiger partial charge in [-0.25, -0.2) is 0 Å². The Morgan fingerprint density at radius 1 is 0.963 bits per heavy atom. The molecule has 4 atom stereocenters. The molecule has 150 valence electrons. The topological polar surface area (TPSA) is 148 Å². The number of carbonyl (C=O) groups is 3. The Balaban J connectivity index is 2.89. The lowest BCUT2D eigenvalue weighted by atomic mass is 9.97. The molecule has 8 heteroatoms. The number of rotatable bonds is 10. The summed E-state index contributed by atoms with van der Waals surface area (Å²) < 4.78 is 0. The van der Waals surface area contributed by atoms with Crippen molar-refractivity contribution in [2.45, 2.75) is 44.9 Å². The number of hydrogen-bond acceptors (Lipinski definition) is 6. The van der Waals surface area contributed by atoms with Gasteiger partial charge in [0.1, 0.15) is 6.04 Å². The fourth-order valence-electron chi connectivity index (χ4n) is 2.65. The highest BCUT2D eigenvalue weighted by molar-refractivity contribution is 5.94. The van der Waals surface area contributed by atoms with E-state index in [-0.39, 0.29) is 24.8 Å². The van der Waals surface area contributed by atoms with Crippen molar-refractivity contribution in [2.75, 3.05) is 13.1 Å². The van der Waals surface area contributed by atoms with E-state index < -0.39 is 35.9 Å². The quantitative estimate of drug-likeness (QED) is 0.362. The second-order valence-corrected chi connectivity index (χ2v) is 6.78. The molecule has 0 fully saturated rings. The average molecular weight is 378 g/mol. The Morgan fingerprint density at radius 2 is 1.56 bits per heavy atom. The fourth-order valence-corrected chi connectivity index (χ4v) is 2.65. The third kappa shape index (κ3) is 6.42. The number of aliphatic hydroxyl groups excluding tert-OH is 1. The largest absolute Gasteiger partial charge is 0.391 e. The average Bonchev–Trinajstić information content (AvgIpc) is 2.64. The Hall–Kier alpha value is -2.29. The van der Waals surface area contributed by atoms with Crippen LogP contribution in [0, 0.1) is 5.92 Å². The molecule has 0 aliphatic rings. The van der Waals surface area contributed by atoms with Crippen LogP contribution in [-0.2, 0) is 14.4 Å². The summed E-state index contributed by atoms with van der Waals surface area (Å²) in [5.41, 5.74) is 12.0. The first-order chi connectivity index (χ1) is 12.7. The lowest BCUT2D eigenvalue weighted by Crippen LogP contribution is -2.58. The first-order valence-corrected chi connectivity index (χ1v) is 9.00. The van der Waals surface area contributed by atoms with E-state index in [9.17, 15) is 19.5 Å². The van der Waals surface area contributed by atoms with Crippen molar-refractivity contribution in [1.82, 2.24) is 10.6 Å². The van der Waals surface area contributed by atoms with Crippen molar-refractivity contribution in [2.24, 2.45) is 17.4 Å². The summed E-state index contributed by atoms with van der Waals surface area (Å²) in [6.45, 7) is 4.76. The molecule has 0 aliphatic heterocycles. The number of carbonyl (C=O) groups excluding carboxylic acids is 3. The maximum Gasteiger partial charge on any atom is 0.245 e. The van der Waals surface area contributed by atoms with Crippen LogP contribution in [0.25, 0.3) is 0 Å². The Bertz CT molecular complexity index is 634. The third-order valence-corrected chi connectivity index (χ3v) is 4.28. The van der Waals surface area contributed by atoms with Crippen LogP contribution in [0.5, 0.6) is 0 Å². The van der Waals surface area contributed by atoms with Gasteiger partial charge in [-0.15, -0.1) is 0 Å². The van der Waals surface area contributed by atoms with Gasteiger partial charge in [-0.1, -0.05) is 44.2 Å². The molecule has 0 radical (unpaired) electrons. The molecular formula is C19H30N4O4. The van der Waals surface area contributed by atoms with E-state index in [4.69, 9.17) is 11.5 Å². The molecule has 1 unspecified atom stereocenters. The zero-order valence-electron chi connectivity index (χ0n) is 16.0. The van der Waals surface area contributed by atoms with Gasteiger partial charge in [0.25, 0.3) is 0 Å². The highest BCUT2D eigenvalue weighted by Gasteiger charge is 2.31. The maximum absolute atomic E-state index is 12.6. The van der Waals surface area contributed by atoms with Gasteiger partial charge in [0.15, 0.2) is 5.78 Å². The van der Waals surface area contributed by atoms with Crippen LogP contribution < -0.4 is 22.1 Å². The maximum atomic E-state index is 12.6. The molecule has 1 aromatic rings. The van der Waals surface area contributed by atoms with Crippen molar-refractivity contribution >= 4 is 17.6 Å². The monoisotopic (exact) mass is 378 g/mol. The van der Waals surface area contributed by atoms with Gasteiger partial charge in [-0.2, -0.15) is 0 Å². The molecule has 0 spiro atoms. The number of amides is 2. The Morgan fingerprint density at radius 3 is 2.00 bits per heavy atom. The predicted molar refractivity (Wildman–Crippen MR) is 103 cm³/mol. The predicted octanol–water partition coefficient (Wildman–Crippen LogP) is -0.737. The van der Waals surface area contributed by atoms with E-state index >= 15 is 0 Å². The smallest absolute Gasteiger partial charge is 0.245 e. The van der Waals surface area contributed by atoms with Gasteiger partial charge >= 0.3 is 0 Å². The first-order valence-electron chi connectivity index (χ1n) is 9.00. The summed E-state index contributed by atoms with van der Waals surface area (Å²) in [6.07, 6.45) is -1.17. The second-order valence-electron chi connectivity index (χ2n) is 6.78.